The maximum atomic E-state index is 13.3. The molecule has 2 aliphatic heterocycles. The summed E-state index contributed by atoms with van der Waals surface area (Å²) < 4.78 is 24.4. The summed E-state index contributed by atoms with van der Waals surface area (Å²) in [4.78, 5) is 18.5. The number of β-amino-alcohol motifs (C(OH)–C–C–N with tert-alkyl or cyclic N) is 2. The summed E-state index contributed by atoms with van der Waals surface area (Å²) in [6.45, 7) is 6.99. The highest BCUT2D eigenvalue weighted by atomic mass is 19.1. The Hall–Kier alpha value is -2.72. The Morgan fingerprint density at radius 1 is 0.947 bits per heavy atom. The van der Waals surface area contributed by atoms with Crippen molar-refractivity contribution in [1.29, 1.82) is 0 Å². The number of hydrogen-bond acceptors (Lipinski definition) is 7. The molecule has 2 saturated heterocycles. The number of hydrogen-bond donors (Lipinski definition) is 2. The lowest BCUT2D eigenvalue weighted by molar-refractivity contribution is -0.138. The van der Waals surface area contributed by atoms with Crippen molar-refractivity contribution in [3.8, 4) is 5.75 Å². The number of nitrogens with zero attached hydrogens (tertiary/aromatic N) is 3. The zero-order valence-electron chi connectivity index (χ0n) is 22.7. The van der Waals surface area contributed by atoms with E-state index in [1.54, 1.807) is 17.0 Å². The Bertz CT molecular complexity index is 1090. The number of aryl methyl sites for hydroxylation is 2. The standard InChI is InChI=1S/C29H40FN3O5/c1-22-4-9-26(16-23(22)2)38-21-29(36)19-31(14-15-33(20-29)27(34)17-37-3)18-28(35)10-12-32(13-11-28)25-7-5-24(30)6-8-25/h4-9,16,35-36H,10-15,17-21H2,1-3H3/t29-/m1/s1. The summed E-state index contributed by atoms with van der Waals surface area (Å²) in [6.07, 6.45) is 1.09. The van der Waals surface area contributed by atoms with Crippen LogP contribution in [0.2, 0.25) is 0 Å². The van der Waals surface area contributed by atoms with Crippen LogP contribution in [-0.2, 0) is 9.53 Å². The van der Waals surface area contributed by atoms with Crippen LogP contribution in [0, 0.1) is 19.7 Å². The van der Waals surface area contributed by atoms with Gasteiger partial charge < -0.3 is 29.5 Å². The summed E-state index contributed by atoms with van der Waals surface area (Å²) in [5.74, 6) is 0.208. The predicted molar refractivity (Wildman–Crippen MR) is 144 cm³/mol. The average Bonchev–Trinajstić information content (AvgIpc) is 3.04. The zero-order chi connectivity index (χ0) is 27.3. The number of halogens is 1. The fourth-order valence-corrected chi connectivity index (χ4v) is 5.32. The van der Waals surface area contributed by atoms with E-state index in [2.05, 4.69) is 4.90 Å². The van der Waals surface area contributed by atoms with Gasteiger partial charge in [0.2, 0.25) is 5.91 Å². The predicted octanol–water partition coefficient (Wildman–Crippen LogP) is 2.37. The van der Waals surface area contributed by atoms with Crippen LogP contribution in [0.25, 0.3) is 0 Å². The van der Waals surface area contributed by atoms with Gasteiger partial charge in [-0.1, -0.05) is 6.07 Å². The van der Waals surface area contributed by atoms with Gasteiger partial charge in [0, 0.05) is 52.1 Å². The number of rotatable bonds is 8. The van der Waals surface area contributed by atoms with E-state index in [-0.39, 0.29) is 38.0 Å². The molecule has 8 nitrogen and oxygen atoms in total. The van der Waals surface area contributed by atoms with Crippen LogP contribution in [0.4, 0.5) is 10.1 Å². The molecule has 0 radical (unpaired) electrons. The highest BCUT2D eigenvalue weighted by Crippen LogP contribution is 2.29. The van der Waals surface area contributed by atoms with Crippen molar-refractivity contribution >= 4 is 11.6 Å². The van der Waals surface area contributed by atoms with Gasteiger partial charge in [-0.25, -0.2) is 4.39 Å². The number of benzene rings is 2. The van der Waals surface area contributed by atoms with Gasteiger partial charge >= 0.3 is 0 Å². The fraction of sp³-hybridized carbons (Fsp3) is 0.552. The van der Waals surface area contributed by atoms with Crippen LogP contribution in [0.15, 0.2) is 42.5 Å². The van der Waals surface area contributed by atoms with Crippen LogP contribution >= 0.6 is 0 Å². The molecule has 38 heavy (non-hydrogen) atoms. The quantitative estimate of drug-likeness (QED) is 0.543. The third-order valence-electron chi connectivity index (χ3n) is 7.70. The molecular formula is C29H40FN3O5. The minimum atomic E-state index is -1.33. The topological polar surface area (TPSA) is 85.7 Å². The van der Waals surface area contributed by atoms with Crippen molar-refractivity contribution in [3.63, 3.8) is 0 Å². The molecule has 0 unspecified atom stereocenters. The van der Waals surface area contributed by atoms with Crippen LogP contribution < -0.4 is 9.64 Å². The molecule has 0 aliphatic carbocycles. The van der Waals surface area contributed by atoms with Crippen molar-refractivity contribution in [3.05, 3.63) is 59.4 Å². The molecule has 0 spiro atoms. The van der Waals surface area contributed by atoms with Gasteiger partial charge in [0.15, 0.2) is 0 Å². The normalized spacial score (nSPS) is 22.3. The maximum Gasteiger partial charge on any atom is 0.248 e. The van der Waals surface area contributed by atoms with Crippen LogP contribution in [-0.4, -0.2) is 103 Å². The Morgan fingerprint density at radius 2 is 1.66 bits per heavy atom. The van der Waals surface area contributed by atoms with E-state index in [9.17, 15) is 19.4 Å². The molecule has 4 rings (SSSR count). The first-order valence-corrected chi connectivity index (χ1v) is 13.2. The number of methoxy groups -OCH3 is 1. The lowest BCUT2D eigenvalue weighted by Gasteiger charge is -2.42. The Balaban J connectivity index is 1.43. The Morgan fingerprint density at radius 3 is 2.32 bits per heavy atom. The number of ether oxygens (including phenoxy) is 2. The van der Waals surface area contributed by atoms with Crippen LogP contribution in [0.3, 0.4) is 0 Å². The molecule has 1 atom stereocenters. The Kier molecular flexibility index (Phi) is 8.92. The molecule has 208 valence electrons. The Labute approximate surface area is 224 Å². The van der Waals surface area contributed by atoms with Gasteiger partial charge in [-0.2, -0.15) is 0 Å². The number of aliphatic hydroxyl groups is 2. The first-order valence-electron chi connectivity index (χ1n) is 13.2. The van der Waals surface area contributed by atoms with Gasteiger partial charge in [0.1, 0.15) is 30.4 Å². The van der Waals surface area contributed by atoms with Gasteiger partial charge in [-0.05, 0) is 74.2 Å². The van der Waals surface area contributed by atoms with Crippen molar-refractivity contribution in [2.24, 2.45) is 0 Å². The molecule has 2 aromatic rings. The molecule has 1 amide bonds. The first kappa shape index (κ1) is 28.3. The molecule has 0 bridgehead atoms. The average molecular weight is 530 g/mol. The van der Waals surface area contributed by atoms with E-state index in [1.165, 1.54) is 19.2 Å². The van der Waals surface area contributed by atoms with E-state index in [1.807, 2.05) is 36.9 Å². The third-order valence-corrected chi connectivity index (χ3v) is 7.70. The van der Waals surface area contributed by atoms with Gasteiger partial charge in [-0.15, -0.1) is 0 Å². The summed E-state index contributed by atoms with van der Waals surface area (Å²) in [5.41, 5.74) is 0.935. The second-order valence-electron chi connectivity index (χ2n) is 10.9. The SMILES string of the molecule is COCC(=O)N1CCN(CC2(O)CCN(c3ccc(F)cc3)CC2)C[C@](O)(COc2ccc(C)c(C)c2)C1. The second-order valence-corrected chi connectivity index (χ2v) is 10.9. The van der Waals surface area contributed by atoms with Crippen molar-refractivity contribution in [2.45, 2.75) is 37.9 Å². The molecular weight excluding hydrogens is 489 g/mol. The molecule has 2 aliphatic rings. The highest BCUT2D eigenvalue weighted by Gasteiger charge is 2.41. The van der Waals surface area contributed by atoms with Crippen molar-refractivity contribution in [2.75, 3.05) is 71.0 Å². The molecule has 9 heteroatoms. The third kappa shape index (κ3) is 7.22. The second kappa shape index (κ2) is 12.0. The molecule has 0 saturated carbocycles. The van der Waals surface area contributed by atoms with Gasteiger partial charge in [-0.3, -0.25) is 9.69 Å². The van der Waals surface area contributed by atoms with E-state index in [4.69, 9.17) is 9.47 Å². The van der Waals surface area contributed by atoms with Crippen LogP contribution in [0.1, 0.15) is 24.0 Å². The summed E-state index contributed by atoms with van der Waals surface area (Å²) in [5, 5.41) is 23.2. The number of carbonyl (C=O) groups is 1. The maximum absolute atomic E-state index is 13.3. The van der Waals surface area contributed by atoms with E-state index >= 15 is 0 Å². The minimum Gasteiger partial charge on any atom is -0.490 e. The lowest BCUT2D eigenvalue weighted by Crippen LogP contribution is -2.56. The van der Waals surface area contributed by atoms with E-state index in [0.717, 1.165) is 16.8 Å². The smallest absolute Gasteiger partial charge is 0.248 e. The molecule has 2 aromatic carbocycles. The number of carbonyl (C=O) groups excluding carboxylic acids is 1. The largest absolute Gasteiger partial charge is 0.490 e. The van der Waals surface area contributed by atoms with Gasteiger partial charge in [0.05, 0.1) is 12.1 Å². The van der Waals surface area contributed by atoms with Crippen LogP contribution in [0.5, 0.6) is 5.75 Å². The summed E-state index contributed by atoms with van der Waals surface area (Å²) in [6, 6.07) is 12.2. The number of anilines is 1. The minimum absolute atomic E-state index is 0.0134. The molecule has 0 aromatic heterocycles. The fourth-order valence-electron chi connectivity index (χ4n) is 5.32. The summed E-state index contributed by atoms with van der Waals surface area (Å²) in [7, 11) is 1.48. The van der Waals surface area contributed by atoms with E-state index < -0.39 is 11.2 Å². The lowest BCUT2D eigenvalue weighted by atomic mass is 9.90. The molecule has 2 heterocycles. The van der Waals surface area contributed by atoms with Crippen molar-refractivity contribution < 1.29 is 28.9 Å². The highest BCUT2D eigenvalue weighted by molar-refractivity contribution is 5.77. The first-order chi connectivity index (χ1) is 18.1. The number of piperidine rings is 1. The van der Waals surface area contributed by atoms with E-state index in [0.29, 0.717) is 51.3 Å². The molecule has 2 fully saturated rings. The zero-order valence-corrected chi connectivity index (χ0v) is 22.7. The monoisotopic (exact) mass is 529 g/mol. The molecule has 2 N–H and O–H groups in total. The van der Waals surface area contributed by atoms with Gasteiger partial charge in [0.25, 0.3) is 0 Å². The summed E-state index contributed by atoms with van der Waals surface area (Å²) >= 11 is 0. The number of amides is 1. The van der Waals surface area contributed by atoms with Crippen molar-refractivity contribution in [1.82, 2.24) is 9.80 Å².